The Hall–Kier alpha value is -0.150. The van der Waals surface area contributed by atoms with Gasteiger partial charge < -0.3 is 10.1 Å². The summed E-state index contributed by atoms with van der Waals surface area (Å²) in [5, 5.41) is 3.46. The molecule has 1 aliphatic carbocycles. The highest BCUT2D eigenvalue weighted by atomic mass is 19.1. The van der Waals surface area contributed by atoms with Crippen molar-refractivity contribution in [3.8, 4) is 0 Å². The van der Waals surface area contributed by atoms with Gasteiger partial charge in [-0.25, -0.2) is 4.39 Å². The summed E-state index contributed by atoms with van der Waals surface area (Å²) in [6, 6.07) is 0.575. The molecule has 4 atom stereocenters. The van der Waals surface area contributed by atoms with Crippen LogP contribution in [0.15, 0.2) is 0 Å². The SMILES string of the molecule is CC1COCCC1N[C@H]1CCC[C@H]1F. The van der Waals surface area contributed by atoms with Crippen LogP contribution in [-0.4, -0.2) is 31.5 Å². The molecule has 2 fully saturated rings. The van der Waals surface area contributed by atoms with Gasteiger partial charge in [0, 0.05) is 18.7 Å². The van der Waals surface area contributed by atoms with E-state index in [1.54, 1.807) is 0 Å². The zero-order valence-electron chi connectivity index (χ0n) is 8.84. The van der Waals surface area contributed by atoms with Crippen LogP contribution in [0.1, 0.15) is 32.6 Å². The second-order valence-electron chi connectivity index (χ2n) is 4.67. The molecule has 1 N–H and O–H groups in total. The van der Waals surface area contributed by atoms with Gasteiger partial charge in [0.1, 0.15) is 6.17 Å². The summed E-state index contributed by atoms with van der Waals surface area (Å²) >= 11 is 0. The molecular weight excluding hydrogens is 181 g/mol. The van der Waals surface area contributed by atoms with E-state index in [-0.39, 0.29) is 6.04 Å². The maximum atomic E-state index is 13.4. The third-order valence-electron chi connectivity index (χ3n) is 3.50. The normalized spacial score (nSPS) is 44.1. The van der Waals surface area contributed by atoms with Gasteiger partial charge in [0.2, 0.25) is 0 Å². The van der Waals surface area contributed by atoms with Gasteiger partial charge in [0.05, 0.1) is 6.61 Å². The lowest BCUT2D eigenvalue weighted by atomic mass is 9.96. The molecule has 0 aromatic rings. The van der Waals surface area contributed by atoms with Gasteiger partial charge in [-0.3, -0.25) is 0 Å². The number of hydrogen-bond acceptors (Lipinski definition) is 2. The topological polar surface area (TPSA) is 21.3 Å². The molecule has 1 saturated heterocycles. The van der Waals surface area contributed by atoms with E-state index in [2.05, 4.69) is 12.2 Å². The molecule has 0 amide bonds. The molecule has 0 aromatic heterocycles. The van der Waals surface area contributed by atoms with Crippen molar-refractivity contribution in [3.63, 3.8) is 0 Å². The van der Waals surface area contributed by atoms with Crippen LogP contribution < -0.4 is 5.32 Å². The molecule has 0 radical (unpaired) electrons. The Bertz CT molecular complexity index is 188. The Labute approximate surface area is 85.2 Å². The van der Waals surface area contributed by atoms with Crippen LogP contribution in [0.3, 0.4) is 0 Å². The number of rotatable bonds is 2. The lowest BCUT2D eigenvalue weighted by Gasteiger charge is -2.32. The van der Waals surface area contributed by atoms with Gasteiger partial charge in [-0.1, -0.05) is 6.92 Å². The molecule has 1 aliphatic heterocycles. The molecule has 1 saturated carbocycles. The number of ether oxygens (including phenoxy) is 1. The van der Waals surface area contributed by atoms with Crippen molar-refractivity contribution in [1.29, 1.82) is 0 Å². The van der Waals surface area contributed by atoms with Gasteiger partial charge in [-0.05, 0) is 31.6 Å². The van der Waals surface area contributed by atoms with Crippen molar-refractivity contribution in [2.45, 2.75) is 50.9 Å². The number of hydrogen-bond donors (Lipinski definition) is 1. The first-order valence-electron chi connectivity index (χ1n) is 5.75. The van der Waals surface area contributed by atoms with Gasteiger partial charge in [-0.2, -0.15) is 0 Å². The summed E-state index contributed by atoms with van der Waals surface area (Å²) in [4.78, 5) is 0. The first-order chi connectivity index (χ1) is 6.77. The second kappa shape index (κ2) is 4.58. The van der Waals surface area contributed by atoms with E-state index in [0.717, 1.165) is 38.9 Å². The van der Waals surface area contributed by atoms with Crippen molar-refractivity contribution in [2.24, 2.45) is 5.92 Å². The number of halogens is 1. The molecule has 1 heterocycles. The minimum Gasteiger partial charge on any atom is -0.381 e. The van der Waals surface area contributed by atoms with E-state index < -0.39 is 6.17 Å². The third-order valence-corrected chi connectivity index (χ3v) is 3.50. The van der Waals surface area contributed by atoms with E-state index in [1.165, 1.54) is 0 Å². The van der Waals surface area contributed by atoms with E-state index in [1.807, 2.05) is 0 Å². The van der Waals surface area contributed by atoms with Crippen molar-refractivity contribution in [3.05, 3.63) is 0 Å². The Morgan fingerprint density at radius 2 is 2.07 bits per heavy atom. The fourth-order valence-corrected chi connectivity index (χ4v) is 2.51. The molecule has 2 rings (SSSR count). The standard InChI is InChI=1S/C11H20FNO/c1-8-7-14-6-5-10(8)13-11-4-2-3-9(11)12/h8-11,13H,2-7H2,1H3/t8?,9-,10?,11+/m1/s1. The van der Waals surface area contributed by atoms with Crippen molar-refractivity contribution in [2.75, 3.05) is 13.2 Å². The van der Waals surface area contributed by atoms with E-state index >= 15 is 0 Å². The Balaban J connectivity index is 1.83. The van der Waals surface area contributed by atoms with E-state index in [9.17, 15) is 4.39 Å². The lowest BCUT2D eigenvalue weighted by molar-refractivity contribution is 0.0332. The Morgan fingerprint density at radius 3 is 2.71 bits per heavy atom. The summed E-state index contributed by atoms with van der Waals surface area (Å²) in [7, 11) is 0. The van der Waals surface area contributed by atoms with Gasteiger partial charge in [0.15, 0.2) is 0 Å². The molecule has 2 aliphatic rings. The zero-order valence-corrected chi connectivity index (χ0v) is 8.84. The lowest BCUT2D eigenvalue weighted by Crippen LogP contribution is -2.48. The van der Waals surface area contributed by atoms with E-state index in [4.69, 9.17) is 4.74 Å². The Morgan fingerprint density at radius 1 is 1.21 bits per heavy atom. The molecule has 0 spiro atoms. The minimum atomic E-state index is -0.620. The molecule has 2 nitrogen and oxygen atoms in total. The summed E-state index contributed by atoms with van der Waals surface area (Å²) < 4.78 is 18.7. The molecule has 82 valence electrons. The quantitative estimate of drug-likeness (QED) is 0.736. The molecule has 3 heteroatoms. The van der Waals surface area contributed by atoms with Crippen LogP contribution in [0.2, 0.25) is 0 Å². The highest BCUT2D eigenvalue weighted by Gasteiger charge is 2.31. The van der Waals surface area contributed by atoms with Crippen molar-refractivity contribution < 1.29 is 9.13 Å². The minimum absolute atomic E-state index is 0.112. The zero-order chi connectivity index (χ0) is 9.97. The van der Waals surface area contributed by atoms with Crippen LogP contribution in [0.5, 0.6) is 0 Å². The first-order valence-corrected chi connectivity index (χ1v) is 5.75. The van der Waals surface area contributed by atoms with Crippen LogP contribution in [-0.2, 0) is 4.74 Å². The molecule has 0 bridgehead atoms. The predicted molar refractivity (Wildman–Crippen MR) is 54.1 cm³/mol. The van der Waals surface area contributed by atoms with Crippen LogP contribution in [0.25, 0.3) is 0 Å². The maximum absolute atomic E-state index is 13.4. The average molecular weight is 201 g/mol. The molecular formula is C11H20FNO. The predicted octanol–water partition coefficient (Wildman–Crippen LogP) is 1.89. The van der Waals surface area contributed by atoms with Crippen LogP contribution >= 0.6 is 0 Å². The number of nitrogens with one attached hydrogen (secondary N) is 1. The monoisotopic (exact) mass is 201 g/mol. The maximum Gasteiger partial charge on any atom is 0.115 e. The molecule has 0 aromatic carbocycles. The summed E-state index contributed by atoms with van der Waals surface area (Å²) in [5.74, 6) is 0.525. The van der Waals surface area contributed by atoms with Crippen molar-refractivity contribution >= 4 is 0 Å². The average Bonchev–Trinajstić information content (AvgIpc) is 2.56. The van der Waals surface area contributed by atoms with Gasteiger partial charge >= 0.3 is 0 Å². The summed E-state index contributed by atoms with van der Waals surface area (Å²) in [6.45, 7) is 3.83. The fourth-order valence-electron chi connectivity index (χ4n) is 2.51. The van der Waals surface area contributed by atoms with Crippen LogP contribution in [0, 0.1) is 5.92 Å². The smallest absolute Gasteiger partial charge is 0.115 e. The fraction of sp³-hybridized carbons (Fsp3) is 1.00. The van der Waals surface area contributed by atoms with E-state index in [0.29, 0.717) is 12.0 Å². The van der Waals surface area contributed by atoms with Crippen LogP contribution in [0.4, 0.5) is 4.39 Å². The first kappa shape index (κ1) is 10.4. The largest absolute Gasteiger partial charge is 0.381 e. The van der Waals surface area contributed by atoms with Gasteiger partial charge in [0.25, 0.3) is 0 Å². The highest BCUT2D eigenvalue weighted by molar-refractivity contribution is 4.88. The van der Waals surface area contributed by atoms with Crippen molar-refractivity contribution in [1.82, 2.24) is 5.32 Å². The van der Waals surface area contributed by atoms with Gasteiger partial charge in [-0.15, -0.1) is 0 Å². The Kier molecular flexibility index (Phi) is 3.39. The highest BCUT2D eigenvalue weighted by Crippen LogP contribution is 2.24. The second-order valence-corrected chi connectivity index (χ2v) is 4.67. The molecule has 2 unspecified atom stereocenters. The number of alkyl halides is 1. The summed E-state index contributed by atoms with van der Waals surface area (Å²) in [5.41, 5.74) is 0. The summed E-state index contributed by atoms with van der Waals surface area (Å²) in [6.07, 6.45) is 3.20. The third kappa shape index (κ3) is 2.26. The molecule has 14 heavy (non-hydrogen) atoms.